The Kier molecular flexibility index (Phi) is 5.80. The fourth-order valence-electron chi connectivity index (χ4n) is 4.47. The largest absolute Gasteiger partial charge is 0.351 e. The zero-order valence-electron chi connectivity index (χ0n) is 18.0. The van der Waals surface area contributed by atoms with E-state index < -0.39 is 0 Å². The average molecular weight is 406 g/mol. The van der Waals surface area contributed by atoms with Gasteiger partial charge in [0.25, 0.3) is 5.91 Å². The summed E-state index contributed by atoms with van der Waals surface area (Å²) in [4.78, 5) is 30.8. The summed E-state index contributed by atoms with van der Waals surface area (Å²) in [7, 11) is 0. The van der Waals surface area contributed by atoms with Crippen molar-refractivity contribution in [1.82, 2.24) is 10.3 Å². The van der Waals surface area contributed by atoms with Crippen LogP contribution in [0.3, 0.4) is 0 Å². The molecule has 0 spiro atoms. The highest BCUT2D eigenvalue weighted by Crippen LogP contribution is 2.37. The van der Waals surface area contributed by atoms with Crippen molar-refractivity contribution in [3.05, 3.63) is 64.5 Å². The first-order chi connectivity index (χ1) is 14.5. The Balaban J connectivity index is 1.66. The number of aryl methyl sites for hydroxylation is 1. The normalized spacial score (nSPS) is 21.2. The molecule has 1 aromatic rings. The van der Waals surface area contributed by atoms with Crippen LogP contribution in [-0.2, 0) is 11.2 Å². The molecule has 30 heavy (non-hydrogen) atoms. The van der Waals surface area contributed by atoms with E-state index in [-0.39, 0.29) is 17.6 Å². The summed E-state index contributed by atoms with van der Waals surface area (Å²) in [5.74, 6) is 1.23. The second kappa shape index (κ2) is 8.50. The summed E-state index contributed by atoms with van der Waals surface area (Å²) in [5.41, 5.74) is 5.59. The van der Waals surface area contributed by atoms with E-state index in [1.54, 1.807) is 0 Å². The zero-order valence-corrected chi connectivity index (χ0v) is 18.0. The molecule has 0 fully saturated rings. The van der Waals surface area contributed by atoms with Crippen LogP contribution in [0.1, 0.15) is 62.0 Å². The number of rotatable bonds is 5. The van der Waals surface area contributed by atoms with Crippen LogP contribution >= 0.6 is 0 Å². The molecule has 2 heterocycles. The number of Topliss-reactive ketones (excluding diaryl/α,β-unsaturated/α-hetero) is 1. The summed E-state index contributed by atoms with van der Waals surface area (Å²) < 4.78 is 0. The third kappa shape index (κ3) is 3.81. The van der Waals surface area contributed by atoms with Crippen molar-refractivity contribution in [1.29, 1.82) is 0 Å². The van der Waals surface area contributed by atoms with E-state index in [0.29, 0.717) is 12.2 Å². The lowest BCUT2D eigenvalue weighted by atomic mass is 9.83. The van der Waals surface area contributed by atoms with Crippen molar-refractivity contribution < 1.29 is 9.59 Å². The second-order valence-corrected chi connectivity index (χ2v) is 8.55. The third-order valence-corrected chi connectivity index (χ3v) is 6.32. The fourth-order valence-corrected chi connectivity index (χ4v) is 4.47. The van der Waals surface area contributed by atoms with Gasteiger partial charge >= 0.3 is 0 Å². The van der Waals surface area contributed by atoms with Crippen LogP contribution in [0.25, 0.3) is 0 Å². The Hall–Kier alpha value is -2.82. The van der Waals surface area contributed by atoms with E-state index in [0.717, 1.165) is 78.9 Å². The molecule has 0 saturated carbocycles. The first kappa shape index (κ1) is 20.5. The minimum Gasteiger partial charge on any atom is -0.351 e. The lowest BCUT2D eigenvalue weighted by Gasteiger charge is -2.31. The number of hydrogen-bond acceptors (Lipinski definition) is 3. The molecule has 4 rings (SSSR count). The van der Waals surface area contributed by atoms with E-state index in [1.807, 2.05) is 25.1 Å². The SMILES string of the molecule is C=C1C=CC2=C(C=C1N1CCCc3cc(C(=O)NCCCC)[nH]c31)CCC(C)C2=O. The minimum absolute atomic E-state index is 0.0526. The van der Waals surface area contributed by atoms with Crippen molar-refractivity contribution in [3.8, 4) is 0 Å². The van der Waals surface area contributed by atoms with Crippen LogP contribution in [-0.4, -0.2) is 29.8 Å². The molecule has 0 saturated heterocycles. The molecule has 1 amide bonds. The van der Waals surface area contributed by atoms with Gasteiger partial charge in [0.05, 0.1) is 0 Å². The van der Waals surface area contributed by atoms with Crippen LogP contribution in [0.4, 0.5) is 5.82 Å². The van der Waals surface area contributed by atoms with E-state index in [9.17, 15) is 9.59 Å². The maximum atomic E-state index is 12.7. The molecule has 1 aromatic heterocycles. The van der Waals surface area contributed by atoms with Crippen LogP contribution in [0.5, 0.6) is 0 Å². The summed E-state index contributed by atoms with van der Waals surface area (Å²) in [6.45, 7) is 9.94. The monoisotopic (exact) mass is 405 g/mol. The van der Waals surface area contributed by atoms with Gasteiger partial charge in [0.1, 0.15) is 11.5 Å². The molecule has 0 bridgehead atoms. The molecular weight excluding hydrogens is 374 g/mol. The number of hydrogen-bond donors (Lipinski definition) is 2. The van der Waals surface area contributed by atoms with Crippen molar-refractivity contribution in [2.45, 2.75) is 52.4 Å². The maximum absolute atomic E-state index is 12.7. The molecule has 2 aliphatic carbocycles. The molecular formula is C25H31N3O2. The highest BCUT2D eigenvalue weighted by molar-refractivity contribution is 6.02. The summed E-state index contributed by atoms with van der Waals surface area (Å²) in [5, 5.41) is 2.99. The Bertz CT molecular complexity index is 977. The first-order valence-corrected chi connectivity index (χ1v) is 11.1. The van der Waals surface area contributed by atoms with Gasteiger partial charge in [-0.1, -0.05) is 39.0 Å². The molecule has 1 atom stereocenters. The Labute approximate surface area is 178 Å². The Morgan fingerprint density at radius 2 is 2.17 bits per heavy atom. The molecule has 2 N–H and O–H groups in total. The number of unbranched alkanes of at least 4 members (excludes halogenated alkanes) is 1. The number of nitrogens with zero attached hydrogens (tertiary/aromatic N) is 1. The number of carbonyl (C=O) groups excluding carboxylic acids is 2. The van der Waals surface area contributed by atoms with Crippen molar-refractivity contribution in [2.75, 3.05) is 18.0 Å². The Morgan fingerprint density at radius 3 is 2.97 bits per heavy atom. The number of ketones is 1. The van der Waals surface area contributed by atoms with Crippen LogP contribution < -0.4 is 10.2 Å². The predicted molar refractivity (Wildman–Crippen MR) is 120 cm³/mol. The average Bonchev–Trinajstić information content (AvgIpc) is 3.11. The van der Waals surface area contributed by atoms with Gasteiger partial charge in [-0.3, -0.25) is 9.59 Å². The number of amides is 1. The second-order valence-electron chi connectivity index (χ2n) is 8.55. The van der Waals surface area contributed by atoms with E-state index in [4.69, 9.17) is 0 Å². The number of carbonyl (C=O) groups is 2. The molecule has 0 radical (unpaired) electrons. The number of anilines is 1. The van der Waals surface area contributed by atoms with Gasteiger partial charge in [-0.05, 0) is 61.0 Å². The summed E-state index contributed by atoms with van der Waals surface area (Å²) in [6.07, 6.45) is 11.8. The minimum atomic E-state index is -0.0526. The smallest absolute Gasteiger partial charge is 0.267 e. The van der Waals surface area contributed by atoms with Gasteiger partial charge in [0.15, 0.2) is 5.78 Å². The standard InChI is InChI=1S/C25H31N3O2/c1-4-5-12-26-25(30)21-14-19-7-6-13-28(24(19)27-21)22-15-18-10-8-17(3)23(29)20(18)11-9-16(22)2/h9,11,14-15,17,27H,2,4-8,10,12-13H2,1,3H3,(H,26,30). The quantitative estimate of drug-likeness (QED) is 0.704. The van der Waals surface area contributed by atoms with Crippen LogP contribution in [0.15, 0.2) is 53.3 Å². The predicted octanol–water partition coefficient (Wildman–Crippen LogP) is 4.60. The molecule has 1 aliphatic heterocycles. The molecule has 5 heteroatoms. The maximum Gasteiger partial charge on any atom is 0.267 e. The number of allylic oxidation sites excluding steroid dienone is 5. The number of nitrogens with one attached hydrogen (secondary N) is 2. The number of aromatic nitrogens is 1. The van der Waals surface area contributed by atoms with Crippen molar-refractivity contribution in [3.63, 3.8) is 0 Å². The zero-order chi connectivity index (χ0) is 21.3. The molecule has 0 aromatic carbocycles. The number of fused-ring (bicyclic) bond motifs is 1. The van der Waals surface area contributed by atoms with Gasteiger partial charge in [0.2, 0.25) is 0 Å². The topological polar surface area (TPSA) is 65.2 Å². The van der Waals surface area contributed by atoms with Gasteiger partial charge in [-0.2, -0.15) is 0 Å². The van der Waals surface area contributed by atoms with E-state index in [2.05, 4.69) is 34.8 Å². The van der Waals surface area contributed by atoms with Crippen LogP contribution in [0, 0.1) is 5.92 Å². The highest BCUT2D eigenvalue weighted by atomic mass is 16.2. The van der Waals surface area contributed by atoms with Crippen LogP contribution in [0.2, 0.25) is 0 Å². The molecule has 5 nitrogen and oxygen atoms in total. The molecule has 1 unspecified atom stereocenters. The molecule has 3 aliphatic rings. The summed E-state index contributed by atoms with van der Waals surface area (Å²) >= 11 is 0. The molecule has 158 valence electrons. The first-order valence-electron chi connectivity index (χ1n) is 11.1. The van der Waals surface area contributed by atoms with Gasteiger partial charge in [-0.15, -0.1) is 0 Å². The summed E-state index contributed by atoms with van der Waals surface area (Å²) in [6, 6.07) is 1.98. The van der Waals surface area contributed by atoms with Crippen molar-refractivity contribution in [2.24, 2.45) is 5.92 Å². The Morgan fingerprint density at radius 1 is 1.33 bits per heavy atom. The van der Waals surface area contributed by atoms with Gasteiger partial charge < -0.3 is 15.2 Å². The van der Waals surface area contributed by atoms with Gasteiger partial charge in [-0.25, -0.2) is 0 Å². The van der Waals surface area contributed by atoms with Crippen molar-refractivity contribution >= 4 is 17.5 Å². The lowest BCUT2D eigenvalue weighted by molar-refractivity contribution is -0.119. The van der Waals surface area contributed by atoms with E-state index >= 15 is 0 Å². The number of aromatic amines is 1. The number of H-pyrrole nitrogens is 1. The van der Waals surface area contributed by atoms with E-state index in [1.165, 1.54) is 0 Å². The highest BCUT2D eigenvalue weighted by Gasteiger charge is 2.29. The van der Waals surface area contributed by atoms with Gasteiger partial charge in [0, 0.05) is 30.3 Å². The fraction of sp³-hybridized carbons (Fsp3) is 0.440. The third-order valence-electron chi connectivity index (χ3n) is 6.32. The lowest BCUT2D eigenvalue weighted by Crippen LogP contribution is -2.29.